The van der Waals surface area contributed by atoms with Crippen LogP contribution < -0.4 is 10.5 Å². The van der Waals surface area contributed by atoms with Crippen LogP contribution in [0.5, 0.6) is 0 Å². The zero-order valence-electron chi connectivity index (χ0n) is 12.6. The molecule has 1 aromatic carbocycles. The van der Waals surface area contributed by atoms with E-state index in [0.717, 1.165) is 0 Å². The Bertz CT molecular complexity index is 803. The number of primary sulfonamides is 1. The molecule has 0 unspecified atom stereocenters. The fourth-order valence-electron chi connectivity index (χ4n) is 1.76. The van der Waals surface area contributed by atoms with Gasteiger partial charge in [-0.1, -0.05) is 17.8 Å². The number of thioether (sulfide) groups is 1. The molecule has 1 heterocycles. The van der Waals surface area contributed by atoms with Crippen LogP contribution in [0.4, 0.5) is 5.69 Å². The average molecular weight is 355 g/mol. The zero-order valence-corrected chi connectivity index (χ0v) is 14.3. The van der Waals surface area contributed by atoms with Crippen molar-refractivity contribution in [1.29, 1.82) is 0 Å². The van der Waals surface area contributed by atoms with Crippen molar-refractivity contribution in [2.75, 3.05) is 5.32 Å². The van der Waals surface area contributed by atoms with Gasteiger partial charge in [0.15, 0.2) is 5.16 Å². The molecule has 10 heteroatoms. The van der Waals surface area contributed by atoms with Crippen LogP contribution in [-0.4, -0.2) is 34.3 Å². The molecule has 2 rings (SSSR count). The molecule has 0 bridgehead atoms. The SMILES string of the molecule is CCn1cnnc1S[C@@H](C)C(=O)Nc1cccc(S(N)(=O)=O)c1. The molecule has 1 amide bonds. The van der Waals surface area contributed by atoms with E-state index in [9.17, 15) is 13.2 Å². The van der Waals surface area contributed by atoms with E-state index < -0.39 is 15.3 Å². The van der Waals surface area contributed by atoms with E-state index in [4.69, 9.17) is 5.14 Å². The number of sulfonamides is 1. The molecule has 124 valence electrons. The Labute approximate surface area is 138 Å². The first-order chi connectivity index (χ1) is 10.8. The van der Waals surface area contributed by atoms with Crippen LogP contribution >= 0.6 is 11.8 Å². The first-order valence-electron chi connectivity index (χ1n) is 6.79. The highest BCUT2D eigenvalue weighted by atomic mass is 32.2. The van der Waals surface area contributed by atoms with Crippen molar-refractivity contribution in [3.05, 3.63) is 30.6 Å². The minimum Gasteiger partial charge on any atom is -0.325 e. The molecule has 0 aliphatic heterocycles. The molecule has 0 aliphatic carbocycles. The Morgan fingerprint density at radius 1 is 1.48 bits per heavy atom. The Balaban J connectivity index is 2.07. The zero-order chi connectivity index (χ0) is 17.0. The van der Waals surface area contributed by atoms with Gasteiger partial charge in [0.05, 0.1) is 10.1 Å². The van der Waals surface area contributed by atoms with Crippen LogP contribution in [0.2, 0.25) is 0 Å². The average Bonchev–Trinajstić information content (AvgIpc) is 2.93. The molecule has 0 saturated heterocycles. The summed E-state index contributed by atoms with van der Waals surface area (Å²) in [5, 5.41) is 15.7. The van der Waals surface area contributed by atoms with Crippen LogP contribution in [0.25, 0.3) is 0 Å². The fourth-order valence-corrected chi connectivity index (χ4v) is 3.21. The maximum atomic E-state index is 12.2. The van der Waals surface area contributed by atoms with E-state index in [1.807, 2.05) is 11.5 Å². The molecular formula is C13H17N5O3S2. The van der Waals surface area contributed by atoms with Gasteiger partial charge in [-0.3, -0.25) is 4.79 Å². The predicted octanol–water partition coefficient (Wildman–Crippen LogP) is 1.06. The molecular weight excluding hydrogens is 338 g/mol. The monoisotopic (exact) mass is 355 g/mol. The molecule has 0 fully saturated rings. The van der Waals surface area contributed by atoms with Crippen LogP contribution in [0, 0.1) is 0 Å². The number of hydrogen-bond acceptors (Lipinski definition) is 6. The maximum absolute atomic E-state index is 12.2. The number of nitrogens with one attached hydrogen (secondary N) is 1. The topological polar surface area (TPSA) is 120 Å². The normalized spacial score (nSPS) is 12.8. The molecule has 1 atom stereocenters. The standard InChI is InChI=1S/C13H17N5O3S2/c1-3-18-8-15-17-13(18)22-9(2)12(19)16-10-5-4-6-11(7-10)23(14,20)21/h4-9H,3H2,1-2H3,(H,16,19)(H2,14,20,21)/t9-/m0/s1. The van der Waals surface area contributed by atoms with Gasteiger partial charge >= 0.3 is 0 Å². The van der Waals surface area contributed by atoms with Gasteiger partial charge in [-0.2, -0.15) is 0 Å². The van der Waals surface area contributed by atoms with Gasteiger partial charge in [0.1, 0.15) is 6.33 Å². The lowest BCUT2D eigenvalue weighted by atomic mass is 10.3. The van der Waals surface area contributed by atoms with Crippen molar-refractivity contribution in [1.82, 2.24) is 14.8 Å². The number of benzene rings is 1. The highest BCUT2D eigenvalue weighted by molar-refractivity contribution is 8.00. The number of nitrogens with two attached hydrogens (primary N) is 1. The molecule has 0 saturated carbocycles. The van der Waals surface area contributed by atoms with Crippen molar-refractivity contribution < 1.29 is 13.2 Å². The first-order valence-corrected chi connectivity index (χ1v) is 9.22. The van der Waals surface area contributed by atoms with Crippen LogP contribution in [0.3, 0.4) is 0 Å². The van der Waals surface area contributed by atoms with Crippen molar-refractivity contribution in [3.63, 3.8) is 0 Å². The van der Waals surface area contributed by atoms with E-state index in [1.165, 1.54) is 30.0 Å². The van der Waals surface area contributed by atoms with Crippen LogP contribution in [0.1, 0.15) is 13.8 Å². The smallest absolute Gasteiger partial charge is 0.238 e. The van der Waals surface area contributed by atoms with Gasteiger partial charge in [-0.15, -0.1) is 10.2 Å². The summed E-state index contributed by atoms with van der Waals surface area (Å²) >= 11 is 1.27. The summed E-state index contributed by atoms with van der Waals surface area (Å²) in [4.78, 5) is 12.2. The fraction of sp³-hybridized carbons (Fsp3) is 0.308. The third-order valence-corrected chi connectivity index (χ3v) is 5.01. The van der Waals surface area contributed by atoms with Gasteiger partial charge in [0, 0.05) is 12.2 Å². The molecule has 8 nitrogen and oxygen atoms in total. The number of amides is 1. The summed E-state index contributed by atoms with van der Waals surface area (Å²) in [6, 6.07) is 5.80. The number of anilines is 1. The quantitative estimate of drug-likeness (QED) is 0.748. The van der Waals surface area contributed by atoms with Crippen molar-refractivity contribution in [2.24, 2.45) is 5.14 Å². The predicted molar refractivity (Wildman–Crippen MR) is 87.5 cm³/mol. The highest BCUT2D eigenvalue weighted by Crippen LogP contribution is 2.22. The second-order valence-corrected chi connectivity index (χ2v) is 7.59. The van der Waals surface area contributed by atoms with E-state index >= 15 is 0 Å². The number of rotatable bonds is 6. The number of aryl methyl sites for hydroxylation is 1. The van der Waals surface area contributed by atoms with Crippen LogP contribution in [0.15, 0.2) is 40.6 Å². The molecule has 23 heavy (non-hydrogen) atoms. The first kappa shape index (κ1) is 17.4. The van der Waals surface area contributed by atoms with Crippen molar-refractivity contribution >= 4 is 33.4 Å². The van der Waals surface area contributed by atoms with Crippen molar-refractivity contribution in [3.8, 4) is 0 Å². The molecule has 2 aromatic rings. The summed E-state index contributed by atoms with van der Waals surface area (Å²) in [6.45, 7) is 4.40. The van der Waals surface area contributed by atoms with E-state index in [2.05, 4.69) is 15.5 Å². The van der Waals surface area contributed by atoms with Gasteiger partial charge in [-0.25, -0.2) is 13.6 Å². The van der Waals surface area contributed by atoms with E-state index in [0.29, 0.717) is 17.4 Å². The van der Waals surface area contributed by atoms with E-state index in [1.54, 1.807) is 19.3 Å². The van der Waals surface area contributed by atoms with Gasteiger partial charge in [0.2, 0.25) is 15.9 Å². The minimum atomic E-state index is -3.81. The summed E-state index contributed by atoms with van der Waals surface area (Å²) in [6.07, 6.45) is 1.60. The number of carbonyl (C=O) groups excluding carboxylic acids is 1. The molecule has 1 aromatic heterocycles. The second kappa shape index (κ2) is 7.11. The van der Waals surface area contributed by atoms with Crippen LogP contribution in [-0.2, 0) is 21.4 Å². The lowest BCUT2D eigenvalue weighted by Gasteiger charge is -2.12. The van der Waals surface area contributed by atoms with Gasteiger partial charge < -0.3 is 9.88 Å². The molecule has 3 N–H and O–H groups in total. The highest BCUT2D eigenvalue weighted by Gasteiger charge is 2.18. The third-order valence-electron chi connectivity index (χ3n) is 3.00. The molecule has 0 spiro atoms. The summed E-state index contributed by atoms with van der Waals surface area (Å²) in [5.74, 6) is -0.271. The number of hydrogen-bond donors (Lipinski definition) is 2. The molecule has 0 radical (unpaired) electrons. The lowest BCUT2D eigenvalue weighted by molar-refractivity contribution is -0.115. The number of aromatic nitrogens is 3. The number of carbonyl (C=O) groups is 1. The maximum Gasteiger partial charge on any atom is 0.238 e. The summed E-state index contributed by atoms with van der Waals surface area (Å²) in [5.41, 5.74) is 0.367. The Kier molecular flexibility index (Phi) is 5.39. The largest absolute Gasteiger partial charge is 0.325 e. The third kappa shape index (κ3) is 4.53. The Hall–Kier alpha value is -1.91. The number of nitrogens with zero attached hydrogens (tertiary/aromatic N) is 3. The summed E-state index contributed by atoms with van der Waals surface area (Å²) < 4.78 is 24.5. The Morgan fingerprint density at radius 2 is 2.22 bits per heavy atom. The minimum absolute atomic E-state index is 0.0543. The second-order valence-electron chi connectivity index (χ2n) is 4.72. The van der Waals surface area contributed by atoms with Gasteiger partial charge in [-0.05, 0) is 32.0 Å². The van der Waals surface area contributed by atoms with Gasteiger partial charge in [0.25, 0.3) is 0 Å². The Morgan fingerprint density at radius 3 is 2.87 bits per heavy atom. The molecule has 0 aliphatic rings. The van der Waals surface area contributed by atoms with Crippen molar-refractivity contribution in [2.45, 2.75) is 35.7 Å². The van der Waals surface area contributed by atoms with E-state index in [-0.39, 0.29) is 10.8 Å². The summed E-state index contributed by atoms with van der Waals surface area (Å²) in [7, 11) is -3.81. The lowest BCUT2D eigenvalue weighted by Crippen LogP contribution is -2.23.